The lowest BCUT2D eigenvalue weighted by Crippen LogP contribution is -2.34. The van der Waals surface area contributed by atoms with Gasteiger partial charge in [0.1, 0.15) is 0 Å². The van der Waals surface area contributed by atoms with E-state index in [1.54, 1.807) is 11.8 Å². The molecule has 0 aliphatic heterocycles. The minimum absolute atomic E-state index is 0.0499. The average molecular weight is 256 g/mol. The van der Waals surface area contributed by atoms with E-state index in [1.807, 2.05) is 0 Å². The SMILES string of the molecule is CCCCCNC(=O)CCN(CCCC)C(C)=O. The van der Waals surface area contributed by atoms with Crippen LogP contribution in [0.5, 0.6) is 0 Å². The van der Waals surface area contributed by atoms with E-state index in [2.05, 4.69) is 19.2 Å². The monoisotopic (exact) mass is 256 g/mol. The predicted molar refractivity (Wildman–Crippen MR) is 74.3 cm³/mol. The molecule has 2 amide bonds. The molecule has 0 unspecified atom stereocenters. The van der Waals surface area contributed by atoms with Crippen molar-refractivity contribution >= 4 is 11.8 Å². The minimum Gasteiger partial charge on any atom is -0.356 e. The molecule has 0 rings (SSSR count). The van der Waals surface area contributed by atoms with Crippen LogP contribution in [0.2, 0.25) is 0 Å². The predicted octanol–water partition coefficient (Wildman–Crippen LogP) is 2.33. The minimum atomic E-state index is 0.0499. The highest BCUT2D eigenvalue weighted by atomic mass is 16.2. The van der Waals surface area contributed by atoms with Crippen molar-refractivity contribution in [3.8, 4) is 0 Å². The van der Waals surface area contributed by atoms with Gasteiger partial charge in [-0.25, -0.2) is 0 Å². The Morgan fingerprint density at radius 2 is 1.67 bits per heavy atom. The largest absolute Gasteiger partial charge is 0.356 e. The first kappa shape index (κ1) is 16.9. The smallest absolute Gasteiger partial charge is 0.221 e. The Balaban J connectivity index is 3.74. The number of carbonyl (C=O) groups excluding carboxylic acids is 2. The van der Waals surface area contributed by atoms with Crippen molar-refractivity contribution in [3.63, 3.8) is 0 Å². The summed E-state index contributed by atoms with van der Waals surface area (Å²) in [7, 11) is 0. The first-order valence-corrected chi connectivity index (χ1v) is 7.14. The first-order chi connectivity index (χ1) is 8.61. The van der Waals surface area contributed by atoms with Crippen LogP contribution in [-0.2, 0) is 9.59 Å². The number of hydrogen-bond acceptors (Lipinski definition) is 2. The highest BCUT2D eigenvalue weighted by molar-refractivity contribution is 5.77. The fourth-order valence-electron chi connectivity index (χ4n) is 1.70. The number of rotatable bonds is 10. The Morgan fingerprint density at radius 3 is 2.22 bits per heavy atom. The zero-order chi connectivity index (χ0) is 13.8. The van der Waals surface area contributed by atoms with Crippen LogP contribution in [-0.4, -0.2) is 36.3 Å². The summed E-state index contributed by atoms with van der Waals surface area (Å²) in [6, 6.07) is 0. The second-order valence-corrected chi connectivity index (χ2v) is 4.67. The number of nitrogens with zero attached hydrogens (tertiary/aromatic N) is 1. The molecule has 18 heavy (non-hydrogen) atoms. The van der Waals surface area contributed by atoms with Crippen LogP contribution in [0.15, 0.2) is 0 Å². The quantitative estimate of drug-likeness (QED) is 0.610. The summed E-state index contributed by atoms with van der Waals surface area (Å²) in [5.74, 6) is 0.107. The molecule has 0 saturated heterocycles. The van der Waals surface area contributed by atoms with Gasteiger partial charge in [-0.3, -0.25) is 9.59 Å². The van der Waals surface area contributed by atoms with Gasteiger partial charge in [0.15, 0.2) is 0 Å². The van der Waals surface area contributed by atoms with E-state index in [4.69, 9.17) is 0 Å². The lowest BCUT2D eigenvalue weighted by molar-refractivity contribution is -0.129. The van der Waals surface area contributed by atoms with Gasteiger partial charge in [-0.2, -0.15) is 0 Å². The topological polar surface area (TPSA) is 49.4 Å². The summed E-state index contributed by atoms with van der Waals surface area (Å²) >= 11 is 0. The van der Waals surface area contributed by atoms with Crippen LogP contribution >= 0.6 is 0 Å². The highest BCUT2D eigenvalue weighted by Gasteiger charge is 2.10. The lowest BCUT2D eigenvalue weighted by atomic mass is 10.2. The summed E-state index contributed by atoms with van der Waals surface area (Å²) in [4.78, 5) is 24.7. The van der Waals surface area contributed by atoms with E-state index in [0.717, 1.165) is 45.2 Å². The summed E-state index contributed by atoms with van der Waals surface area (Å²) in [6.07, 6.45) is 5.82. The average Bonchev–Trinajstić information content (AvgIpc) is 2.34. The molecule has 0 aliphatic rings. The van der Waals surface area contributed by atoms with Crippen LogP contribution < -0.4 is 5.32 Å². The van der Waals surface area contributed by atoms with Gasteiger partial charge in [0.25, 0.3) is 0 Å². The fraction of sp³-hybridized carbons (Fsp3) is 0.857. The molecule has 4 heteroatoms. The molecule has 0 atom stereocenters. The van der Waals surface area contributed by atoms with E-state index in [9.17, 15) is 9.59 Å². The van der Waals surface area contributed by atoms with Gasteiger partial charge >= 0.3 is 0 Å². The number of carbonyl (C=O) groups is 2. The molecule has 4 nitrogen and oxygen atoms in total. The summed E-state index contributed by atoms with van der Waals surface area (Å²) in [5, 5.41) is 2.89. The number of nitrogens with one attached hydrogen (secondary N) is 1. The van der Waals surface area contributed by atoms with Crippen LogP contribution in [0.25, 0.3) is 0 Å². The van der Waals surface area contributed by atoms with E-state index in [0.29, 0.717) is 13.0 Å². The Labute approximate surface area is 111 Å². The molecule has 0 heterocycles. The molecule has 0 aliphatic carbocycles. The summed E-state index contributed by atoms with van der Waals surface area (Å²) in [6.45, 7) is 7.85. The van der Waals surface area contributed by atoms with Crippen molar-refractivity contribution in [3.05, 3.63) is 0 Å². The van der Waals surface area contributed by atoms with Crippen molar-refractivity contribution in [1.82, 2.24) is 10.2 Å². The van der Waals surface area contributed by atoms with Gasteiger partial charge in [0, 0.05) is 33.0 Å². The Hall–Kier alpha value is -1.06. The van der Waals surface area contributed by atoms with Crippen LogP contribution in [0, 0.1) is 0 Å². The van der Waals surface area contributed by atoms with Crippen molar-refractivity contribution in [2.45, 2.75) is 59.3 Å². The van der Waals surface area contributed by atoms with Crippen LogP contribution in [0.1, 0.15) is 59.3 Å². The van der Waals surface area contributed by atoms with Gasteiger partial charge in [-0.15, -0.1) is 0 Å². The van der Waals surface area contributed by atoms with Gasteiger partial charge in [-0.05, 0) is 12.8 Å². The Kier molecular flexibility index (Phi) is 10.4. The summed E-state index contributed by atoms with van der Waals surface area (Å²) in [5.41, 5.74) is 0. The molecule has 0 aromatic rings. The second-order valence-electron chi connectivity index (χ2n) is 4.67. The first-order valence-electron chi connectivity index (χ1n) is 7.14. The molecular formula is C14H28N2O2. The molecule has 106 valence electrons. The lowest BCUT2D eigenvalue weighted by Gasteiger charge is -2.20. The van der Waals surface area contributed by atoms with Crippen molar-refractivity contribution in [2.75, 3.05) is 19.6 Å². The summed E-state index contributed by atoms with van der Waals surface area (Å²) < 4.78 is 0. The number of hydrogen-bond donors (Lipinski definition) is 1. The third-order valence-electron chi connectivity index (χ3n) is 2.94. The van der Waals surface area contributed by atoms with Crippen molar-refractivity contribution in [1.29, 1.82) is 0 Å². The van der Waals surface area contributed by atoms with E-state index >= 15 is 0 Å². The molecule has 0 spiro atoms. The van der Waals surface area contributed by atoms with E-state index in [-0.39, 0.29) is 11.8 Å². The maximum Gasteiger partial charge on any atom is 0.221 e. The standard InChI is InChI=1S/C14H28N2O2/c1-4-6-8-10-15-14(18)9-12-16(13(3)17)11-7-5-2/h4-12H2,1-3H3,(H,15,18). The van der Waals surface area contributed by atoms with E-state index in [1.165, 1.54) is 0 Å². The molecule has 0 fully saturated rings. The number of amides is 2. The zero-order valence-electron chi connectivity index (χ0n) is 12.1. The fourth-order valence-corrected chi connectivity index (χ4v) is 1.70. The third-order valence-corrected chi connectivity index (χ3v) is 2.94. The van der Waals surface area contributed by atoms with Gasteiger partial charge < -0.3 is 10.2 Å². The molecule has 0 radical (unpaired) electrons. The van der Waals surface area contributed by atoms with Crippen molar-refractivity contribution < 1.29 is 9.59 Å². The van der Waals surface area contributed by atoms with Gasteiger partial charge in [-0.1, -0.05) is 33.1 Å². The van der Waals surface area contributed by atoms with Crippen LogP contribution in [0.3, 0.4) is 0 Å². The Morgan fingerprint density at radius 1 is 1.00 bits per heavy atom. The molecular weight excluding hydrogens is 228 g/mol. The highest BCUT2D eigenvalue weighted by Crippen LogP contribution is 1.98. The van der Waals surface area contributed by atoms with Gasteiger partial charge in [0.2, 0.25) is 11.8 Å². The molecule has 1 N–H and O–H groups in total. The zero-order valence-corrected chi connectivity index (χ0v) is 12.1. The van der Waals surface area contributed by atoms with Crippen LogP contribution in [0.4, 0.5) is 0 Å². The second kappa shape index (κ2) is 11.1. The molecule has 0 bridgehead atoms. The van der Waals surface area contributed by atoms with Crippen molar-refractivity contribution in [2.24, 2.45) is 0 Å². The molecule has 0 aromatic heterocycles. The van der Waals surface area contributed by atoms with Gasteiger partial charge in [0.05, 0.1) is 0 Å². The maximum absolute atomic E-state index is 11.6. The maximum atomic E-state index is 11.6. The van der Waals surface area contributed by atoms with E-state index < -0.39 is 0 Å². The Bertz CT molecular complexity index is 242. The normalized spacial score (nSPS) is 10.2. The number of unbranched alkanes of at least 4 members (excludes halogenated alkanes) is 3. The molecule has 0 aromatic carbocycles. The molecule has 0 saturated carbocycles. The third kappa shape index (κ3) is 9.02.